The molecule has 3 aromatic rings. The van der Waals surface area contributed by atoms with E-state index in [9.17, 15) is 4.79 Å². The number of aromatic nitrogens is 4. The fraction of sp³-hybridized carbons (Fsp3) is 0.286. The normalized spacial score (nSPS) is 15.9. The Hall–Kier alpha value is -3.55. The van der Waals surface area contributed by atoms with Gasteiger partial charge in [0, 0.05) is 49.2 Å². The Morgan fingerprint density at radius 2 is 2.03 bits per heavy atom. The number of hydrogen-bond acceptors (Lipinski definition) is 7. The van der Waals surface area contributed by atoms with Gasteiger partial charge < -0.3 is 14.4 Å². The lowest BCUT2D eigenvalue weighted by molar-refractivity contribution is 0.0784. The maximum Gasteiger partial charge on any atom is 0.274 e. The predicted molar refractivity (Wildman–Crippen MR) is 105 cm³/mol. The van der Waals surface area contributed by atoms with E-state index in [1.807, 2.05) is 25.1 Å². The van der Waals surface area contributed by atoms with Crippen molar-refractivity contribution in [2.24, 2.45) is 0 Å². The minimum absolute atomic E-state index is 0.0446. The first-order valence-electron chi connectivity index (χ1n) is 9.35. The van der Waals surface area contributed by atoms with Gasteiger partial charge >= 0.3 is 0 Å². The van der Waals surface area contributed by atoms with E-state index in [-0.39, 0.29) is 11.8 Å². The van der Waals surface area contributed by atoms with Crippen LogP contribution in [-0.4, -0.2) is 50.9 Å². The average Bonchev–Trinajstić information content (AvgIpc) is 3.24. The summed E-state index contributed by atoms with van der Waals surface area (Å²) < 4.78 is 11.1. The van der Waals surface area contributed by atoms with Gasteiger partial charge in [-0.05, 0) is 25.5 Å². The van der Waals surface area contributed by atoms with E-state index in [2.05, 4.69) is 19.9 Å². The number of carbonyl (C=O) groups is 1. The van der Waals surface area contributed by atoms with Crippen LogP contribution in [0.2, 0.25) is 0 Å². The summed E-state index contributed by atoms with van der Waals surface area (Å²) in [7, 11) is 1.61. The second-order valence-corrected chi connectivity index (χ2v) is 6.81. The van der Waals surface area contributed by atoms with Crippen LogP contribution < -0.4 is 9.47 Å². The number of ether oxygens (including phenoxy) is 2. The van der Waals surface area contributed by atoms with Crippen LogP contribution in [0.5, 0.6) is 17.4 Å². The van der Waals surface area contributed by atoms with Gasteiger partial charge in [0.25, 0.3) is 5.91 Å². The molecule has 3 heterocycles. The van der Waals surface area contributed by atoms with E-state index in [0.717, 1.165) is 12.1 Å². The number of methoxy groups -OCH3 is 1. The molecular weight excluding hydrogens is 370 g/mol. The summed E-state index contributed by atoms with van der Waals surface area (Å²) in [6.45, 7) is 3.07. The second-order valence-electron chi connectivity index (χ2n) is 6.81. The Kier molecular flexibility index (Phi) is 5.33. The molecule has 29 heavy (non-hydrogen) atoms. The number of nitrogens with zero attached hydrogens (tertiary/aromatic N) is 5. The van der Waals surface area contributed by atoms with Crippen molar-refractivity contribution in [1.29, 1.82) is 0 Å². The fourth-order valence-corrected chi connectivity index (χ4v) is 3.31. The quantitative estimate of drug-likeness (QED) is 0.660. The van der Waals surface area contributed by atoms with Gasteiger partial charge in [-0.2, -0.15) is 4.98 Å². The Morgan fingerprint density at radius 1 is 1.17 bits per heavy atom. The molecule has 1 aromatic carbocycles. The molecular formula is C21H21N5O3. The van der Waals surface area contributed by atoms with Crippen LogP contribution in [0.1, 0.15) is 34.3 Å². The summed E-state index contributed by atoms with van der Waals surface area (Å²) in [5.41, 5.74) is 1.16. The number of benzene rings is 1. The van der Waals surface area contributed by atoms with Crippen molar-refractivity contribution in [2.45, 2.75) is 19.3 Å². The zero-order chi connectivity index (χ0) is 20.2. The van der Waals surface area contributed by atoms with E-state index < -0.39 is 0 Å². The molecule has 1 aliphatic heterocycles. The number of hydrogen-bond donors (Lipinski definition) is 0. The van der Waals surface area contributed by atoms with Crippen LogP contribution in [-0.2, 0) is 0 Å². The standard InChI is InChI=1S/C21H21N5O3/c1-14-10-19(29-17-5-3-4-16(11-17)28-2)25-20(24-14)15-6-9-26(13-15)21(27)18-12-22-7-8-23-18/h3-5,7-8,10-12,15H,6,9,13H2,1-2H3/t15-/m1/s1. The SMILES string of the molecule is COc1cccc(Oc2cc(C)nc([C@@H]3CCN(C(=O)c4cnccn4)C3)n2)c1. The van der Waals surface area contributed by atoms with E-state index in [0.29, 0.717) is 42.0 Å². The molecule has 0 spiro atoms. The maximum absolute atomic E-state index is 12.6. The number of likely N-dealkylation sites (tertiary alicyclic amines) is 1. The minimum atomic E-state index is -0.124. The summed E-state index contributed by atoms with van der Waals surface area (Å²) in [4.78, 5) is 31.6. The van der Waals surface area contributed by atoms with Crippen molar-refractivity contribution >= 4 is 5.91 Å². The first-order valence-corrected chi connectivity index (χ1v) is 9.35. The molecule has 1 fully saturated rings. The molecule has 8 heteroatoms. The molecule has 0 unspecified atom stereocenters. The highest BCUT2D eigenvalue weighted by atomic mass is 16.5. The molecule has 0 bridgehead atoms. The van der Waals surface area contributed by atoms with Gasteiger partial charge in [-0.3, -0.25) is 9.78 Å². The third-order valence-corrected chi connectivity index (χ3v) is 4.73. The van der Waals surface area contributed by atoms with Crippen LogP contribution in [0.3, 0.4) is 0 Å². The molecule has 8 nitrogen and oxygen atoms in total. The fourth-order valence-electron chi connectivity index (χ4n) is 3.31. The smallest absolute Gasteiger partial charge is 0.274 e. The molecule has 1 saturated heterocycles. The Morgan fingerprint density at radius 3 is 2.83 bits per heavy atom. The van der Waals surface area contributed by atoms with Crippen molar-refractivity contribution in [3.63, 3.8) is 0 Å². The maximum atomic E-state index is 12.6. The first kappa shape index (κ1) is 18.8. The predicted octanol–water partition coefficient (Wildman–Crippen LogP) is 3.01. The van der Waals surface area contributed by atoms with Crippen molar-refractivity contribution < 1.29 is 14.3 Å². The zero-order valence-corrected chi connectivity index (χ0v) is 16.3. The van der Waals surface area contributed by atoms with Gasteiger partial charge in [0.05, 0.1) is 13.3 Å². The topological polar surface area (TPSA) is 90.3 Å². The Bertz CT molecular complexity index is 1010. The Balaban J connectivity index is 1.50. The van der Waals surface area contributed by atoms with Crippen LogP contribution in [0.4, 0.5) is 0 Å². The lowest BCUT2D eigenvalue weighted by Crippen LogP contribution is -2.29. The summed E-state index contributed by atoms with van der Waals surface area (Å²) in [5.74, 6) is 2.42. The molecule has 148 valence electrons. The molecule has 1 atom stereocenters. The molecule has 1 amide bonds. The van der Waals surface area contributed by atoms with Gasteiger partial charge in [0.2, 0.25) is 5.88 Å². The molecule has 0 radical (unpaired) electrons. The average molecular weight is 391 g/mol. The number of aryl methyl sites for hydroxylation is 1. The third-order valence-electron chi connectivity index (χ3n) is 4.73. The molecule has 2 aromatic heterocycles. The highest BCUT2D eigenvalue weighted by Gasteiger charge is 2.30. The minimum Gasteiger partial charge on any atom is -0.497 e. The highest BCUT2D eigenvalue weighted by molar-refractivity contribution is 5.92. The van der Waals surface area contributed by atoms with E-state index in [4.69, 9.17) is 9.47 Å². The zero-order valence-electron chi connectivity index (χ0n) is 16.3. The van der Waals surface area contributed by atoms with Crippen LogP contribution in [0.15, 0.2) is 48.9 Å². The molecule has 0 N–H and O–H groups in total. The van der Waals surface area contributed by atoms with Crippen LogP contribution >= 0.6 is 0 Å². The lowest BCUT2D eigenvalue weighted by atomic mass is 10.1. The molecule has 0 aliphatic carbocycles. The van der Waals surface area contributed by atoms with Gasteiger partial charge in [-0.1, -0.05) is 6.07 Å². The monoisotopic (exact) mass is 391 g/mol. The molecule has 0 saturated carbocycles. The van der Waals surface area contributed by atoms with E-state index in [1.165, 1.54) is 12.4 Å². The van der Waals surface area contributed by atoms with Gasteiger partial charge in [-0.25, -0.2) is 9.97 Å². The van der Waals surface area contributed by atoms with Crippen molar-refractivity contribution in [2.75, 3.05) is 20.2 Å². The van der Waals surface area contributed by atoms with E-state index in [1.54, 1.807) is 30.3 Å². The summed E-state index contributed by atoms with van der Waals surface area (Å²) in [6.07, 6.45) is 5.34. The van der Waals surface area contributed by atoms with Gasteiger partial charge in [-0.15, -0.1) is 0 Å². The number of rotatable bonds is 5. The third kappa shape index (κ3) is 4.31. The van der Waals surface area contributed by atoms with Crippen LogP contribution in [0, 0.1) is 6.92 Å². The van der Waals surface area contributed by atoms with Crippen molar-refractivity contribution in [1.82, 2.24) is 24.8 Å². The van der Waals surface area contributed by atoms with E-state index >= 15 is 0 Å². The molecule has 4 rings (SSSR count). The van der Waals surface area contributed by atoms with Gasteiger partial charge in [0.1, 0.15) is 23.0 Å². The Labute approximate surface area is 168 Å². The second kappa shape index (κ2) is 8.22. The lowest BCUT2D eigenvalue weighted by Gasteiger charge is -2.16. The summed E-state index contributed by atoms with van der Waals surface area (Å²) in [6, 6.07) is 9.14. The summed E-state index contributed by atoms with van der Waals surface area (Å²) >= 11 is 0. The molecule has 1 aliphatic rings. The first-order chi connectivity index (χ1) is 14.1. The summed E-state index contributed by atoms with van der Waals surface area (Å²) in [5, 5.41) is 0. The van der Waals surface area contributed by atoms with Crippen molar-refractivity contribution in [3.05, 3.63) is 66.1 Å². The van der Waals surface area contributed by atoms with Gasteiger partial charge in [0.15, 0.2) is 0 Å². The largest absolute Gasteiger partial charge is 0.497 e. The number of amides is 1. The number of carbonyl (C=O) groups excluding carboxylic acids is 1. The highest BCUT2D eigenvalue weighted by Crippen LogP contribution is 2.29. The van der Waals surface area contributed by atoms with Crippen molar-refractivity contribution in [3.8, 4) is 17.4 Å². The van der Waals surface area contributed by atoms with Crippen LogP contribution in [0.25, 0.3) is 0 Å².